The number of aliphatic carboxylic acids is 1. The monoisotopic (exact) mass is 294 g/mol. The highest BCUT2D eigenvalue weighted by Gasteiger charge is 2.33. The summed E-state index contributed by atoms with van der Waals surface area (Å²) in [5.74, 6) is 0.407. The molecule has 1 aliphatic rings. The molecule has 0 radical (unpaired) electrons. The molecule has 1 saturated heterocycles. The van der Waals surface area contributed by atoms with E-state index in [2.05, 4.69) is 4.90 Å². The summed E-state index contributed by atoms with van der Waals surface area (Å²) < 4.78 is 10.7. The molecule has 0 spiro atoms. The standard InChI is InChI=1S/C15H22N2O4/c1-20-11-3-4-14(21-2)12(7-11)13(8-16)17-6-5-10(9-17)15(18)19/h3-4,7,10,13H,5-6,8-9,16H2,1-2H3,(H,18,19)/t10-,13-/m0/s1. The lowest BCUT2D eigenvalue weighted by Crippen LogP contribution is -2.33. The van der Waals surface area contributed by atoms with Crippen LogP contribution in [0, 0.1) is 5.92 Å². The van der Waals surface area contributed by atoms with Gasteiger partial charge < -0.3 is 20.3 Å². The second-order valence-electron chi connectivity index (χ2n) is 5.18. The Labute approximate surface area is 124 Å². The number of nitrogens with two attached hydrogens (primary N) is 1. The van der Waals surface area contributed by atoms with Crippen LogP contribution < -0.4 is 15.2 Å². The van der Waals surface area contributed by atoms with Crippen LogP contribution in [0.25, 0.3) is 0 Å². The van der Waals surface area contributed by atoms with Crippen molar-refractivity contribution in [2.45, 2.75) is 12.5 Å². The predicted molar refractivity (Wildman–Crippen MR) is 78.7 cm³/mol. The van der Waals surface area contributed by atoms with Crippen LogP contribution in [-0.2, 0) is 4.79 Å². The van der Waals surface area contributed by atoms with Gasteiger partial charge in [-0.05, 0) is 31.2 Å². The molecule has 1 aromatic rings. The number of nitrogens with zero attached hydrogens (tertiary/aromatic N) is 1. The van der Waals surface area contributed by atoms with Crippen molar-refractivity contribution in [3.05, 3.63) is 23.8 Å². The van der Waals surface area contributed by atoms with Crippen molar-refractivity contribution >= 4 is 5.97 Å². The van der Waals surface area contributed by atoms with Crippen LogP contribution in [0.1, 0.15) is 18.0 Å². The highest BCUT2D eigenvalue weighted by atomic mass is 16.5. The Morgan fingerprint density at radius 3 is 2.76 bits per heavy atom. The van der Waals surface area contributed by atoms with Gasteiger partial charge in [0, 0.05) is 18.7 Å². The molecular weight excluding hydrogens is 272 g/mol. The van der Waals surface area contributed by atoms with E-state index in [1.807, 2.05) is 18.2 Å². The smallest absolute Gasteiger partial charge is 0.307 e. The Balaban J connectivity index is 2.27. The highest BCUT2D eigenvalue weighted by Crippen LogP contribution is 2.34. The lowest BCUT2D eigenvalue weighted by atomic mass is 10.0. The maximum atomic E-state index is 11.1. The van der Waals surface area contributed by atoms with E-state index in [1.54, 1.807) is 14.2 Å². The van der Waals surface area contributed by atoms with E-state index >= 15 is 0 Å². The van der Waals surface area contributed by atoms with Crippen LogP contribution in [0.3, 0.4) is 0 Å². The third-order valence-electron chi connectivity index (χ3n) is 4.03. The largest absolute Gasteiger partial charge is 0.497 e. The second-order valence-corrected chi connectivity index (χ2v) is 5.18. The van der Waals surface area contributed by atoms with Crippen LogP contribution in [0.15, 0.2) is 18.2 Å². The number of likely N-dealkylation sites (tertiary alicyclic amines) is 1. The Kier molecular flexibility index (Phi) is 5.03. The van der Waals surface area contributed by atoms with Crippen LogP contribution in [0.5, 0.6) is 11.5 Å². The maximum Gasteiger partial charge on any atom is 0.307 e. The summed E-state index contributed by atoms with van der Waals surface area (Å²) in [6.45, 7) is 1.63. The minimum Gasteiger partial charge on any atom is -0.497 e. The van der Waals surface area contributed by atoms with Crippen molar-refractivity contribution in [2.75, 3.05) is 33.9 Å². The topological polar surface area (TPSA) is 85.0 Å². The van der Waals surface area contributed by atoms with E-state index in [1.165, 1.54) is 0 Å². The summed E-state index contributed by atoms with van der Waals surface area (Å²) in [4.78, 5) is 13.2. The minimum atomic E-state index is -0.745. The molecule has 0 amide bonds. The number of carboxylic acid groups (broad SMARTS) is 1. The van der Waals surface area contributed by atoms with Crippen molar-refractivity contribution < 1.29 is 19.4 Å². The Hall–Kier alpha value is -1.79. The first-order valence-electron chi connectivity index (χ1n) is 6.99. The van der Waals surface area contributed by atoms with Gasteiger partial charge in [0.2, 0.25) is 0 Å². The molecule has 1 aliphatic heterocycles. The molecule has 21 heavy (non-hydrogen) atoms. The lowest BCUT2D eigenvalue weighted by molar-refractivity contribution is -0.141. The van der Waals surface area contributed by atoms with Crippen molar-refractivity contribution in [3.8, 4) is 11.5 Å². The summed E-state index contributed by atoms with van der Waals surface area (Å²) >= 11 is 0. The fraction of sp³-hybridized carbons (Fsp3) is 0.533. The van der Waals surface area contributed by atoms with Crippen LogP contribution in [0.2, 0.25) is 0 Å². The number of hydrogen-bond donors (Lipinski definition) is 2. The van der Waals surface area contributed by atoms with Gasteiger partial charge in [0.1, 0.15) is 11.5 Å². The van der Waals surface area contributed by atoms with Gasteiger partial charge in [-0.3, -0.25) is 9.69 Å². The molecule has 2 atom stereocenters. The summed E-state index contributed by atoms with van der Waals surface area (Å²) in [5, 5.41) is 9.14. The molecule has 0 aliphatic carbocycles. The number of carbonyl (C=O) groups is 1. The molecule has 116 valence electrons. The van der Waals surface area contributed by atoms with E-state index in [4.69, 9.17) is 20.3 Å². The Morgan fingerprint density at radius 2 is 2.24 bits per heavy atom. The third-order valence-corrected chi connectivity index (χ3v) is 4.03. The molecule has 1 heterocycles. The molecule has 1 aromatic carbocycles. The van der Waals surface area contributed by atoms with Gasteiger partial charge in [0.05, 0.1) is 26.2 Å². The van der Waals surface area contributed by atoms with Crippen LogP contribution >= 0.6 is 0 Å². The predicted octanol–water partition coefficient (Wildman–Crippen LogP) is 1.11. The number of methoxy groups -OCH3 is 2. The Bertz CT molecular complexity index is 506. The third kappa shape index (κ3) is 3.28. The Morgan fingerprint density at radius 1 is 1.48 bits per heavy atom. The number of rotatable bonds is 6. The minimum absolute atomic E-state index is 0.0700. The number of carboxylic acids is 1. The first-order chi connectivity index (χ1) is 10.1. The number of ether oxygens (including phenoxy) is 2. The number of benzene rings is 1. The zero-order chi connectivity index (χ0) is 15.4. The summed E-state index contributed by atoms with van der Waals surface area (Å²) in [5.41, 5.74) is 6.87. The van der Waals surface area contributed by atoms with Crippen molar-refractivity contribution in [3.63, 3.8) is 0 Å². The molecule has 0 bridgehead atoms. The fourth-order valence-electron chi connectivity index (χ4n) is 2.84. The van der Waals surface area contributed by atoms with Gasteiger partial charge in [-0.25, -0.2) is 0 Å². The molecule has 2 rings (SSSR count). The summed E-state index contributed by atoms with van der Waals surface area (Å²) in [6, 6.07) is 5.52. The van der Waals surface area contributed by atoms with E-state index in [9.17, 15) is 4.79 Å². The van der Waals surface area contributed by atoms with Crippen molar-refractivity contribution in [1.29, 1.82) is 0 Å². The van der Waals surface area contributed by atoms with Crippen LogP contribution in [0.4, 0.5) is 0 Å². The van der Waals surface area contributed by atoms with Gasteiger partial charge in [0.25, 0.3) is 0 Å². The van der Waals surface area contributed by atoms with Crippen molar-refractivity contribution in [1.82, 2.24) is 4.90 Å². The van der Waals surface area contributed by atoms with E-state index in [0.717, 1.165) is 23.6 Å². The molecule has 6 nitrogen and oxygen atoms in total. The SMILES string of the molecule is COc1ccc(OC)c([C@H](CN)N2CC[C@H](C(=O)O)C2)c1. The quantitative estimate of drug-likeness (QED) is 0.817. The highest BCUT2D eigenvalue weighted by molar-refractivity contribution is 5.70. The molecule has 0 saturated carbocycles. The van der Waals surface area contributed by atoms with Gasteiger partial charge in [0.15, 0.2) is 0 Å². The van der Waals surface area contributed by atoms with Gasteiger partial charge >= 0.3 is 5.97 Å². The molecule has 0 unspecified atom stereocenters. The summed E-state index contributed by atoms with van der Waals surface area (Å²) in [7, 11) is 3.22. The van der Waals surface area contributed by atoms with Crippen LogP contribution in [-0.4, -0.2) is 49.8 Å². The second kappa shape index (κ2) is 6.78. The number of hydrogen-bond acceptors (Lipinski definition) is 5. The molecule has 6 heteroatoms. The van der Waals surface area contributed by atoms with E-state index < -0.39 is 5.97 Å². The molecular formula is C15H22N2O4. The fourth-order valence-corrected chi connectivity index (χ4v) is 2.84. The summed E-state index contributed by atoms with van der Waals surface area (Å²) in [6.07, 6.45) is 0.651. The van der Waals surface area contributed by atoms with Gasteiger partial charge in [-0.15, -0.1) is 0 Å². The van der Waals surface area contributed by atoms with Crippen molar-refractivity contribution in [2.24, 2.45) is 11.7 Å². The first-order valence-corrected chi connectivity index (χ1v) is 6.99. The normalized spacial score (nSPS) is 20.2. The molecule has 1 fully saturated rings. The zero-order valence-electron chi connectivity index (χ0n) is 12.4. The lowest BCUT2D eigenvalue weighted by Gasteiger charge is -2.28. The zero-order valence-corrected chi connectivity index (χ0v) is 12.4. The average Bonchev–Trinajstić information content (AvgIpc) is 2.98. The molecule has 3 N–H and O–H groups in total. The first kappa shape index (κ1) is 15.6. The van der Waals surface area contributed by atoms with E-state index in [0.29, 0.717) is 19.5 Å². The van der Waals surface area contributed by atoms with E-state index in [-0.39, 0.29) is 12.0 Å². The van der Waals surface area contributed by atoms with Gasteiger partial charge in [-0.2, -0.15) is 0 Å². The van der Waals surface area contributed by atoms with Gasteiger partial charge in [-0.1, -0.05) is 0 Å². The average molecular weight is 294 g/mol. The molecule has 0 aromatic heterocycles. The maximum absolute atomic E-state index is 11.1.